The fourth-order valence-electron chi connectivity index (χ4n) is 6.51. The van der Waals surface area contributed by atoms with Crippen LogP contribution in [-0.2, 0) is 55.6 Å². The molecule has 58 heavy (non-hydrogen) atoms. The van der Waals surface area contributed by atoms with Gasteiger partial charge in [-0.3, -0.25) is 42.6 Å². The first kappa shape index (κ1) is 47.3. The van der Waals surface area contributed by atoms with Crippen LogP contribution >= 0.6 is 0 Å². The average Bonchev–Trinajstić information content (AvgIpc) is 3.65. The number of aliphatic hydroxyl groups excluding tert-OH is 1. The Kier molecular flexibility index (Phi) is 17.6. The van der Waals surface area contributed by atoms with E-state index >= 15 is 0 Å². The summed E-state index contributed by atoms with van der Waals surface area (Å²) < 4.78 is 12.1. The van der Waals surface area contributed by atoms with Crippen molar-refractivity contribution in [2.24, 2.45) is 11.8 Å². The van der Waals surface area contributed by atoms with Crippen LogP contribution < -0.4 is 37.2 Å². The minimum absolute atomic E-state index is 0.00715. The monoisotopic (exact) mass is 834 g/mol. The van der Waals surface area contributed by atoms with Gasteiger partial charge < -0.3 is 52.3 Å². The third-order valence-electron chi connectivity index (χ3n) is 9.91. The molecule has 2 fully saturated rings. The molecule has 0 spiro atoms. The molecule has 0 bridgehead atoms. The SMILES string of the molecule is CC1NC(=O)C(C(C)C)NC(=O)C(C(C)O)NC(=O)CNC(=O)C(Cc2ccc(O)cc2)NC(=O)C(CCS(C)=O)NC(=O)C2CCCN2C(=O)C(C(C)C)NC1=O. The second-order valence-electron chi connectivity index (χ2n) is 15.4. The molecule has 0 aromatic heterocycles. The lowest BCUT2D eigenvalue weighted by Crippen LogP contribution is -2.62. The summed E-state index contributed by atoms with van der Waals surface area (Å²) in [6.07, 6.45) is 0.388. The first-order valence-corrected chi connectivity index (χ1v) is 21.1. The van der Waals surface area contributed by atoms with Crippen molar-refractivity contribution < 1.29 is 52.8 Å². The summed E-state index contributed by atoms with van der Waals surface area (Å²) in [5.41, 5.74) is 0.502. The van der Waals surface area contributed by atoms with Crippen LogP contribution in [0.2, 0.25) is 0 Å². The second kappa shape index (κ2) is 21.6. The Morgan fingerprint density at radius 1 is 0.724 bits per heavy atom. The van der Waals surface area contributed by atoms with Crippen LogP contribution in [0, 0.1) is 11.8 Å². The number of hydrogen-bond acceptors (Lipinski definition) is 11. The number of nitrogens with one attached hydrogen (secondary N) is 7. The summed E-state index contributed by atoms with van der Waals surface area (Å²) in [5, 5.41) is 38.0. The van der Waals surface area contributed by atoms with E-state index < -0.39 is 125 Å². The van der Waals surface area contributed by atoms with Crippen molar-refractivity contribution in [3.05, 3.63) is 29.8 Å². The number of amides is 8. The summed E-state index contributed by atoms with van der Waals surface area (Å²) in [6, 6.07) is -3.06. The summed E-state index contributed by atoms with van der Waals surface area (Å²) in [4.78, 5) is 110. The van der Waals surface area contributed by atoms with E-state index in [2.05, 4.69) is 37.2 Å². The van der Waals surface area contributed by atoms with Crippen molar-refractivity contribution >= 4 is 58.1 Å². The third-order valence-corrected chi connectivity index (χ3v) is 10.7. The molecule has 9 atom stereocenters. The zero-order valence-corrected chi connectivity index (χ0v) is 34.8. The van der Waals surface area contributed by atoms with E-state index in [-0.39, 0.29) is 37.3 Å². The number of nitrogens with zero attached hydrogens (tertiary/aromatic N) is 1. The fraction of sp³-hybridized carbons (Fsp3) is 0.632. The van der Waals surface area contributed by atoms with Crippen LogP contribution in [0.5, 0.6) is 5.75 Å². The third kappa shape index (κ3) is 13.5. The molecule has 0 aliphatic carbocycles. The number of phenols is 1. The highest BCUT2D eigenvalue weighted by molar-refractivity contribution is 7.84. The van der Waals surface area contributed by atoms with Crippen molar-refractivity contribution in [1.82, 2.24) is 42.1 Å². The fourth-order valence-corrected chi connectivity index (χ4v) is 7.08. The van der Waals surface area contributed by atoms with Gasteiger partial charge in [0.2, 0.25) is 47.3 Å². The Hall–Kier alpha value is -5.11. The van der Waals surface area contributed by atoms with Crippen LogP contribution in [-0.4, -0.2) is 140 Å². The number of fused-ring (bicyclic) bond motifs is 1. The molecule has 20 heteroatoms. The number of carbonyl (C=O) groups is 8. The summed E-state index contributed by atoms with van der Waals surface area (Å²) in [6.45, 7) is 8.74. The minimum Gasteiger partial charge on any atom is -0.508 e. The Balaban J connectivity index is 2.05. The standard InChI is InChI=1S/C38H58N8O11S/c1-19(2)29-36(54)40-21(5)32(50)45-30(20(3)4)38(56)46-15-8-9-27(46)35(53)41-25(14-16-58(7)57)34(52)42-26(17-23-10-12-24(48)13-11-23)33(51)39-18-28(49)43-31(22(6)47)37(55)44-29/h10-13,19-22,25-27,29-31,47-48H,8-9,14-18H2,1-7H3,(H,39,51)(H,40,54)(H,41,53)(H,42,52)(H,43,49)(H,44,55)(H,45,50). The molecule has 2 saturated heterocycles. The molecular formula is C38H58N8O11S. The lowest BCUT2D eigenvalue weighted by Gasteiger charge is -2.32. The van der Waals surface area contributed by atoms with Crippen molar-refractivity contribution in [3.63, 3.8) is 0 Å². The molecule has 3 rings (SSSR count). The van der Waals surface area contributed by atoms with Crippen molar-refractivity contribution in [2.75, 3.05) is 25.1 Å². The quantitative estimate of drug-likeness (QED) is 0.131. The van der Waals surface area contributed by atoms with Gasteiger partial charge in [0.25, 0.3) is 0 Å². The number of benzene rings is 1. The van der Waals surface area contributed by atoms with E-state index in [1.807, 2.05) is 0 Å². The molecule has 9 unspecified atom stereocenters. The van der Waals surface area contributed by atoms with E-state index in [4.69, 9.17) is 0 Å². The Morgan fingerprint density at radius 3 is 1.90 bits per heavy atom. The van der Waals surface area contributed by atoms with Gasteiger partial charge in [0.1, 0.15) is 48.0 Å². The first-order valence-electron chi connectivity index (χ1n) is 19.4. The zero-order valence-electron chi connectivity index (χ0n) is 34.0. The van der Waals surface area contributed by atoms with Crippen LogP contribution in [0.25, 0.3) is 0 Å². The van der Waals surface area contributed by atoms with Gasteiger partial charge in [-0.2, -0.15) is 0 Å². The maximum atomic E-state index is 14.0. The van der Waals surface area contributed by atoms with Crippen molar-refractivity contribution in [1.29, 1.82) is 0 Å². The Labute approximate surface area is 340 Å². The summed E-state index contributed by atoms with van der Waals surface area (Å²) in [5.74, 6) is -7.26. The first-order chi connectivity index (χ1) is 27.2. The van der Waals surface area contributed by atoms with E-state index in [1.54, 1.807) is 27.7 Å². The van der Waals surface area contributed by atoms with Crippen LogP contribution in [0.3, 0.4) is 0 Å². The highest BCUT2D eigenvalue weighted by Crippen LogP contribution is 2.21. The molecule has 2 heterocycles. The Bertz CT molecular complexity index is 1710. The second-order valence-corrected chi connectivity index (χ2v) is 17.0. The lowest BCUT2D eigenvalue weighted by molar-refractivity contribution is -0.143. The van der Waals surface area contributed by atoms with Gasteiger partial charge in [-0.15, -0.1) is 0 Å². The Morgan fingerprint density at radius 2 is 1.31 bits per heavy atom. The van der Waals surface area contributed by atoms with Crippen molar-refractivity contribution in [2.45, 2.75) is 116 Å². The molecular weight excluding hydrogens is 777 g/mol. The average molecular weight is 835 g/mol. The molecule has 8 amide bonds. The van der Waals surface area contributed by atoms with Crippen LogP contribution in [0.15, 0.2) is 24.3 Å². The van der Waals surface area contributed by atoms with Crippen LogP contribution in [0.4, 0.5) is 0 Å². The van der Waals surface area contributed by atoms with Gasteiger partial charge >= 0.3 is 0 Å². The molecule has 19 nitrogen and oxygen atoms in total. The number of rotatable bonds is 8. The maximum absolute atomic E-state index is 14.0. The predicted molar refractivity (Wildman–Crippen MR) is 212 cm³/mol. The normalized spacial score (nSPS) is 27.6. The van der Waals surface area contributed by atoms with E-state index in [1.165, 1.54) is 49.3 Å². The van der Waals surface area contributed by atoms with Gasteiger partial charge in [0, 0.05) is 35.8 Å². The largest absolute Gasteiger partial charge is 0.508 e. The molecule has 1 aromatic carbocycles. The van der Waals surface area contributed by atoms with Crippen molar-refractivity contribution in [3.8, 4) is 5.75 Å². The highest BCUT2D eigenvalue weighted by Gasteiger charge is 2.41. The van der Waals surface area contributed by atoms with Crippen LogP contribution in [0.1, 0.15) is 66.4 Å². The topological polar surface area (TPSA) is 282 Å². The van der Waals surface area contributed by atoms with Gasteiger partial charge in [0.15, 0.2) is 0 Å². The number of aromatic hydroxyl groups is 1. The van der Waals surface area contributed by atoms with Gasteiger partial charge in [-0.25, -0.2) is 0 Å². The number of phenolic OH excluding ortho intramolecular Hbond substituents is 1. The smallest absolute Gasteiger partial charge is 0.246 e. The molecule has 1 aromatic rings. The molecule has 0 radical (unpaired) electrons. The number of carbonyl (C=O) groups excluding carboxylic acids is 8. The molecule has 9 N–H and O–H groups in total. The summed E-state index contributed by atoms with van der Waals surface area (Å²) in [7, 11) is -1.39. The predicted octanol–water partition coefficient (Wildman–Crippen LogP) is -2.55. The van der Waals surface area contributed by atoms with E-state index in [9.17, 15) is 52.8 Å². The maximum Gasteiger partial charge on any atom is 0.246 e. The molecule has 2 aliphatic rings. The lowest BCUT2D eigenvalue weighted by atomic mass is 10.0. The molecule has 322 valence electrons. The minimum atomic E-state index is -1.59. The summed E-state index contributed by atoms with van der Waals surface area (Å²) >= 11 is 0. The number of hydrogen-bond donors (Lipinski definition) is 9. The number of aliphatic hydroxyl groups is 1. The molecule has 0 saturated carbocycles. The molecule has 2 aliphatic heterocycles. The zero-order chi connectivity index (χ0) is 43.4. The van der Waals surface area contributed by atoms with Gasteiger partial charge in [-0.1, -0.05) is 39.8 Å². The van der Waals surface area contributed by atoms with E-state index in [0.717, 1.165) is 0 Å². The highest BCUT2D eigenvalue weighted by atomic mass is 32.2. The van der Waals surface area contributed by atoms with E-state index in [0.29, 0.717) is 12.0 Å². The van der Waals surface area contributed by atoms with Gasteiger partial charge in [0.05, 0.1) is 12.6 Å². The van der Waals surface area contributed by atoms with Gasteiger partial charge in [-0.05, 0) is 62.6 Å².